The normalized spacial score (nSPS) is 11.8. The van der Waals surface area contributed by atoms with Crippen molar-refractivity contribution in [1.29, 1.82) is 0 Å². The molecule has 0 bridgehead atoms. The first-order valence-electron chi connectivity index (χ1n) is 9.15. The van der Waals surface area contributed by atoms with Gasteiger partial charge in [-0.15, -0.1) is 10.2 Å². The molecule has 0 amide bonds. The fourth-order valence-corrected chi connectivity index (χ4v) is 3.68. The Kier molecular flexibility index (Phi) is 6.72. The standard InChI is InChI=1S/C19H21N5O5S/c1-4-29-14-7-5-13(6-8-14)24-15(9-12-10-16(25)21-18(27)20-12)22-23-19(24)30-11(2)17(26)28-3/h5-8,10-11H,4,9H2,1-3H3,(H2,20,21,25,27)/t11-/m1/s1. The van der Waals surface area contributed by atoms with Crippen molar-refractivity contribution in [3.63, 3.8) is 0 Å². The summed E-state index contributed by atoms with van der Waals surface area (Å²) < 4.78 is 12.0. The summed E-state index contributed by atoms with van der Waals surface area (Å²) in [6.45, 7) is 4.16. The number of nitrogens with one attached hydrogen (secondary N) is 2. The van der Waals surface area contributed by atoms with Gasteiger partial charge in [-0.3, -0.25) is 19.1 Å². The summed E-state index contributed by atoms with van der Waals surface area (Å²) in [6.07, 6.45) is 0.159. The smallest absolute Gasteiger partial charge is 0.325 e. The molecule has 1 aromatic carbocycles. The van der Waals surface area contributed by atoms with Gasteiger partial charge in [-0.25, -0.2) is 4.79 Å². The fraction of sp³-hybridized carbons (Fsp3) is 0.316. The van der Waals surface area contributed by atoms with Crippen LogP contribution in [0.5, 0.6) is 5.75 Å². The summed E-state index contributed by atoms with van der Waals surface area (Å²) in [5, 5.41) is 8.39. The van der Waals surface area contributed by atoms with Gasteiger partial charge in [0.15, 0.2) is 5.16 Å². The van der Waals surface area contributed by atoms with Gasteiger partial charge in [-0.1, -0.05) is 11.8 Å². The van der Waals surface area contributed by atoms with Crippen LogP contribution in [0.15, 0.2) is 45.1 Å². The minimum absolute atomic E-state index is 0.159. The van der Waals surface area contributed by atoms with Crippen LogP contribution in [0.4, 0.5) is 0 Å². The molecular weight excluding hydrogens is 410 g/mol. The number of hydrogen-bond acceptors (Lipinski definition) is 8. The largest absolute Gasteiger partial charge is 0.494 e. The highest BCUT2D eigenvalue weighted by atomic mass is 32.2. The molecule has 0 saturated carbocycles. The van der Waals surface area contributed by atoms with Crippen LogP contribution >= 0.6 is 11.8 Å². The fourth-order valence-electron chi connectivity index (χ4n) is 2.77. The number of aromatic amines is 2. The zero-order chi connectivity index (χ0) is 21.7. The molecule has 0 aliphatic heterocycles. The van der Waals surface area contributed by atoms with E-state index in [9.17, 15) is 14.4 Å². The van der Waals surface area contributed by atoms with Gasteiger partial charge in [0.1, 0.15) is 16.8 Å². The highest BCUT2D eigenvalue weighted by Gasteiger charge is 2.22. The summed E-state index contributed by atoms with van der Waals surface area (Å²) in [5.41, 5.74) is 0.0273. The number of hydrogen-bond donors (Lipinski definition) is 2. The number of carbonyl (C=O) groups excluding carboxylic acids is 1. The molecule has 11 heteroatoms. The molecule has 158 valence electrons. The van der Waals surface area contributed by atoms with E-state index < -0.39 is 16.5 Å². The second-order valence-corrected chi connectivity index (χ2v) is 7.54. The van der Waals surface area contributed by atoms with Crippen LogP contribution in [0, 0.1) is 0 Å². The first-order valence-corrected chi connectivity index (χ1v) is 10.0. The Bertz CT molecular complexity index is 1110. The molecular formula is C19H21N5O5S. The molecule has 3 aromatic rings. The molecule has 2 heterocycles. The summed E-state index contributed by atoms with van der Waals surface area (Å²) in [6, 6.07) is 8.60. The van der Waals surface area contributed by atoms with Gasteiger partial charge in [-0.05, 0) is 38.1 Å². The van der Waals surface area contributed by atoms with Crippen LogP contribution in [0.25, 0.3) is 5.69 Å². The molecule has 0 unspecified atom stereocenters. The van der Waals surface area contributed by atoms with Crippen molar-refractivity contribution in [2.24, 2.45) is 0 Å². The lowest BCUT2D eigenvalue weighted by Crippen LogP contribution is -2.23. The molecule has 0 saturated heterocycles. The molecule has 3 rings (SSSR count). The molecule has 0 aliphatic rings. The van der Waals surface area contributed by atoms with E-state index >= 15 is 0 Å². The molecule has 30 heavy (non-hydrogen) atoms. The summed E-state index contributed by atoms with van der Waals surface area (Å²) in [4.78, 5) is 39.8. The first kappa shape index (κ1) is 21.4. The second kappa shape index (κ2) is 9.44. The van der Waals surface area contributed by atoms with E-state index in [0.717, 1.165) is 5.69 Å². The number of methoxy groups -OCH3 is 1. The number of ether oxygens (including phenoxy) is 2. The van der Waals surface area contributed by atoms with Crippen LogP contribution in [0.2, 0.25) is 0 Å². The monoisotopic (exact) mass is 431 g/mol. The Morgan fingerprint density at radius 2 is 1.93 bits per heavy atom. The molecule has 2 aromatic heterocycles. The Labute approximate surface area is 175 Å². The molecule has 2 N–H and O–H groups in total. The van der Waals surface area contributed by atoms with Gasteiger partial charge in [0.2, 0.25) is 0 Å². The summed E-state index contributed by atoms with van der Waals surface area (Å²) in [5.74, 6) is 0.814. The van der Waals surface area contributed by atoms with E-state index in [1.165, 1.54) is 24.9 Å². The zero-order valence-electron chi connectivity index (χ0n) is 16.7. The van der Waals surface area contributed by atoms with Gasteiger partial charge in [-0.2, -0.15) is 0 Å². The van der Waals surface area contributed by atoms with Crippen LogP contribution in [0.1, 0.15) is 25.4 Å². The number of aromatic nitrogens is 5. The number of esters is 1. The lowest BCUT2D eigenvalue weighted by molar-refractivity contribution is -0.139. The molecule has 1 atom stereocenters. The van der Waals surface area contributed by atoms with Crippen LogP contribution in [-0.2, 0) is 16.0 Å². The third-order valence-corrected chi connectivity index (χ3v) is 5.11. The number of nitrogens with zero attached hydrogens (tertiary/aromatic N) is 3. The number of carbonyl (C=O) groups is 1. The van der Waals surface area contributed by atoms with E-state index in [4.69, 9.17) is 9.47 Å². The average molecular weight is 431 g/mol. The minimum Gasteiger partial charge on any atom is -0.494 e. The summed E-state index contributed by atoms with van der Waals surface area (Å²) in [7, 11) is 1.32. The Hall–Kier alpha value is -3.34. The van der Waals surface area contributed by atoms with Crippen molar-refractivity contribution < 1.29 is 14.3 Å². The summed E-state index contributed by atoms with van der Waals surface area (Å²) >= 11 is 1.19. The van der Waals surface area contributed by atoms with Gasteiger partial charge >= 0.3 is 11.7 Å². The lowest BCUT2D eigenvalue weighted by Gasteiger charge is -2.13. The highest BCUT2D eigenvalue weighted by molar-refractivity contribution is 8.00. The number of thioether (sulfide) groups is 1. The van der Waals surface area contributed by atoms with Gasteiger partial charge < -0.3 is 14.5 Å². The predicted octanol–water partition coefficient (Wildman–Crippen LogP) is 1.29. The molecule has 0 fully saturated rings. The van der Waals surface area contributed by atoms with E-state index in [0.29, 0.717) is 29.0 Å². The third-order valence-electron chi connectivity index (χ3n) is 4.09. The number of H-pyrrole nitrogens is 2. The van der Waals surface area contributed by atoms with Gasteiger partial charge in [0, 0.05) is 23.9 Å². The predicted molar refractivity (Wildman–Crippen MR) is 110 cm³/mol. The Balaban J connectivity index is 2.02. The van der Waals surface area contributed by atoms with Gasteiger partial charge in [0.05, 0.1) is 13.7 Å². The Morgan fingerprint density at radius 1 is 1.20 bits per heavy atom. The number of rotatable bonds is 8. The topological polar surface area (TPSA) is 132 Å². The number of benzene rings is 1. The van der Waals surface area contributed by atoms with E-state index in [1.54, 1.807) is 11.5 Å². The lowest BCUT2D eigenvalue weighted by atomic mass is 10.2. The average Bonchev–Trinajstić information content (AvgIpc) is 3.09. The Morgan fingerprint density at radius 3 is 2.57 bits per heavy atom. The molecule has 0 aliphatic carbocycles. The van der Waals surface area contributed by atoms with E-state index in [2.05, 4.69) is 20.2 Å². The van der Waals surface area contributed by atoms with Crippen molar-refractivity contribution in [3.8, 4) is 11.4 Å². The van der Waals surface area contributed by atoms with E-state index in [-0.39, 0.29) is 12.4 Å². The maximum Gasteiger partial charge on any atom is 0.325 e. The van der Waals surface area contributed by atoms with Crippen LogP contribution < -0.4 is 16.0 Å². The quantitative estimate of drug-likeness (QED) is 0.403. The maximum absolute atomic E-state index is 11.9. The highest BCUT2D eigenvalue weighted by Crippen LogP contribution is 2.27. The maximum atomic E-state index is 11.9. The third kappa shape index (κ3) is 4.98. The van der Waals surface area contributed by atoms with Crippen molar-refractivity contribution >= 4 is 17.7 Å². The molecule has 10 nitrogen and oxygen atoms in total. The first-order chi connectivity index (χ1) is 14.4. The molecule has 0 radical (unpaired) electrons. The second-order valence-electron chi connectivity index (χ2n) is 6.23. The molecule has 0 spiro atoms. The minimum atomic E-state index is -0.599. The van der Waals surface area contributed by atoms with Crippen molar-refractivity contribution in [1.82, 2.24) is 24.7 Å². The van der Waals surface area contributed by atoms with Crippen LogP contribution in [-0.4, -0.2) is 49.7 Å². The van der Waals surface area contributed by atoms with Crippen molar-refractivity contribution in [3.05, 3.63) is 62.7 Å². The zero-order valence-corrected chi connectivity index (χ0v) is 17.5. The van der Waals surface area contributed by atoms with Crippen molar-refractivity contribution in [2.45, 2.75) is 30.7 Å². The van der Waals surface area contributed by atoms with E-state index in [1.807, 2.05) is 31.2 Å². The van der Waals surface area contributed by atoms with Gasteiger partial charge in [0.25, 0.3) is 5.56 Å². The van der Waals surface area contributed by atoms with Crippen molar-refractivity contribution in [2.75, 3.05) is 13.7 Å². The van der Waals surface area contributed by atoms with Crippen LogP contribution in [0.3, 0.4) is 0 Å². The SMILES string of the molecule is CCOc1ccc(-n2c(Cc3cc(=O)[nH]c(=O)[nH]3)nnc2S[C@H](C)C(=O)OC)cc1.